The Balaban J connectivity index is -0.0000000473. The zero-order chi connectivity index (χ0) is 16.0. The number of aliphatic carboxylic acids is 2. The van der Waals surface area contributed by atoms with E-state index in [1.807, 2.05) is 13.8 Å². The van der Waals surface area contributed by atoms with Crippen LogP contribution in [0.25, 0.3) is 0 Å². The molecule has 4 heteroatoms. The molecule has 0 aromatic heterocycles. The fourth-order valence-electron chi connectivity index (χ4n) is 0.143. The molecule has 0 saturated heterocycles. The highest BCUT2D eigenvalue weighted by atomic mass is 16.4. The number of carbonyl (C=O) groups is 2. The van der Waals surface area contributed by atoms with E-state index in [4.69, 9.17) is 10.2 Å². The number of carboxylic acid groups (broad SMARTS) is 2. The third-order valence-corrected chi connectivity index (χ3v) is 0.368. The van der Waals surface area contributed by atoms with Crippen molar-refractivity contribution in [2.24, 2.45) is 0 Å². The Morgan fingerprint density at radius 3 is 0.944 bits per heavy atom. The van der Waals surface area contributed by atoms with Crippen molar-refractivity contribution in [2.75, 3.05) is 0 Å². The first-order valence-corrected chi connectivity index (χ1v) is 4.74. The molecule has 2 N–H and O–H groups in total. The normalized spacial score (nSPS) is 6.11. The molecule has 18 heavy (non-hydrogen) atoms. The molecule has 0 bridgehead atoms. The van der Waals surface area contributed by atoms with Crippen LogP contribution >= 0.6 is 0 Å². The van der Waals surface area contributed by atoms with Crippen molar-refractivity contribution < 1.29 is 19.8 Å². The maximum Gasteiger partial charge on any atom is 0.328 e. The number of carboxylic acids is 2. The van der Waals surface area contributed by atoms with Crippen LogP contribution < -0.4 is 0 Å². The lowest BCUT2D eigenvalue weighted by atomic mass is 10.5. The van der Waals surface area contributed by atoms with E-state index >= 15 is 0 Å². The molecule has 4 nitrogen and oxygen atoms in total. The second-order valence-corrected chi connectivity index (χ2v) is 1.83. The number of hydrogen-bond acceptors (Lipinski definition) is 2. The molecule has 0 radical (unpaired) electrons. The molecule has 0 unspecified atom stereocenters. The number of allylic oxidation sites excluding steroid dienone is 2. The van der Waals surface area contributed by atoms with Gasteiger partial charge in [0, 0.05) is 12.2 Å². The van der Waals surface area contributed by atoms with E-state index in [2.05, 4.69) is 39.5 Å². The molecule has 0 heterocycles. The van der Waals surface area contributed by atoms with Crippen LogP contribution in [0.3, 0.4) is 0 Å². The van der Waals surface area contributed by atoms with Gasteiger partial charge in [-0.2, -0.15) is 0 Å². The van der Waals surface area contributed by atoms with Gasteiger partial charge in [-0.25, -0.2) is 9.59 Å². The average molecular weight is 256 g/mol. The molecule has 0 atom stereocenters. The smallest absolute Gasteiger partial charge is 0.328 e. The van der Waals surface area contributed by atoms with Crippen LogP contribution in [0.1, 0.15) is 13.8 Å². The Labute approximate surface area is 110 Å². The van der Waals surface area contributed by atoms with Crippen LogP contribution in [-0.4, -0.2) is 22.2 Å². The maximum absolute atomic E-state index is 9.55. The van der Waals surface area contributed by atoms with E-state index < -0.39 is 11.9 Å². The van der Waals surface area contributed by atoms with E-state index in [0.29, 0.717) is 12.2 Å². The number of rotatable bonds is 2. The summed E-state index contributed by atoms with van der Waals surface area (Å²) in [6.45, 7) is 22.5. The van der Waals surface area contributed by atoms with Crippen molar-refractivity contribution in [3.8, 4) is 0 Å². The van der Waals surface area contributed by atoms with Gasteiger partial charge in [-0.15, -0.1) is 39.5 Å². The highest BCUT2D eigenvalue weighted by Crippen LogP contribution is 1.70. The van der Waals surface area contributed by atoms with Gasteiger partial charge in [0.15, 0.2) is 0 Å². The minimum atomic E-state index is -1.26. The highest BCUT2D eigenvalue weighted by molar-refractivity contribution is 5.89. The minimum Gasteiger partial charge on any atom is -0.478 e. The average Bonchev–Trinajstić information content (AvgIpc) is 2.34. The van der Waals surface area contributed by atoms with E-state index in [0.717, 1.165) is 0 Å². The lowest BCUT2D eigenvalue weighted by Gasteiger charge is -1.74. The molecule has 0 spiro atoms. The topological polar surface area (TPSA) is 74.6 Å². The highest BCUT2D eigenvalue weighted by Gasteiger charge is 1.88. The standard InChI is InChI=1S/C4H4O4.2C3H6.2C2H4/c5-3(6)1-2-4(7)8;2*1-3-2;2*1-2/h1-2H,(H,5,6)(H,7,8);2*3H,1H2,2H3;2*1-2H2/b2-1-;;;;. The van der Waals surface area contributed by atoms with Crippen molar-refractivity contribution in [1.82, 2.24) is 0 Å². The third kappa shape index (κ3) is 313. The van der Waals surface area contributed by atoms with E-state index in [-0.39, 0.29) is 0 Å². The van der Waals surface area contributed by atoms with Crippen LogP contribution in [-0.2, 0) is 9.59 Å². The first-order chi connectivity index (χ1) is 8.45. The first-order valence-electron chi connectivity index (χ1n) is 4.74. The van der Waals surface area contributed by atoms with Crippen molar-refractivity contribution in [2.45, 2.75) is 13.8 Å². The quantitative estimate of drug-likeness (QED) is 0.583. The monoisotopic (exact) mass is 256 g/mol. The van der Waals surface area contributed by atoms with Gasteiger partial charge in [0.2, 0.25) is 0 Å². The predicted octanol–water partition coefficient (Wildman–Crippen LogP) is 3.70. The summed E-state index contributed by atoms with van der Waals surface area (Å²) < 4.78 is 0. The third-order valence-electron chi connectivity index (χ3n) is 0.368. The van der Waals surface area contributed by atoms with Gasteiger partial charge < -0.3 is 10.2 Å². The molecule has 0 amide bonds. The summed E-state index contributed by atoms with van der Waals surface area (Å²) in [4.78, 5) is 19.1. The second kappa shape index (κ2) is 46.7. The largest absolute Gasteiger partial charge is 0.478 e. The molecular formula is C14H24O4. The van der Waals surface area contributed by atoms with Crippen molar-refractivity contribution in [1.29, 1.82) is 0 Å². The summed E-state index contributed by atoms with van der Waals surface area (Å²) in [6, 6.07) is 0. The molecule has 0 aliphatic heterocycles. The molecule has 0 fully saturated rings. The maximum atomic E-state index is 9.55. The summed E-state index contributed by atoms with van der Waals surface area (Å²) in [5, 5.41) is 15.6. The van der Waals surface area contributed by atoms with Gasteiger partial charge >= 0.3 is 11.9 Å². The summed E-state index contributed by atoms with van der Waals surface area (Å²) in [6.07, 6.45) is 4.62. The molecule has 0 aliphatic rings. The van der Waals surface area contributed by atoms with Crippen molar-refractivity contribution in [3.63, 3.8) is 0 Å². The summed E-state index contributed by atoms with van der Waals surface area (Å²) >= 11 is 0. The molecule has 104 valence electrons. The van der Waals surface area contributed by atoms with Crippen LogP contribution in [0, 0.1) is 0 Å². The summed E-state index contributed by atoms with van der Waals surface area (Å²) in [5.74, 6) is -2.51. The van der Waals surface area contributed by atoms with Crippen molar-refractivity contribution in [3.05, 3.63) is 63.8 Å². The molecule has 0 aromatic rings. The molecular weight excluding hydrogens is 232 g/mol. The fraction of sp³-hybridized carbons (Fsp3) is 0.143. The zero-order valence-corrected chi connectivity index (χ0v) is 11.3. The second-order valence-electron chi connectivity index (χ2n) is 1.83. The Kier molecular flexibility index (Phi) is 76.8. The lowest BCUT2D eigenvalue weighted by molar-refractivity contribution is -0.134. The van der Waals surface area contributed by atoms with E-state index in [9.17, 15) is 9.59 Å². The van der Waals surface area contributed by atoms with Gasteiger partial charge in [0.1, 0.15) is 0 Å². The van der Waals surface area contributed by atoms with Crippen molar-refractivity contribution >= 4 is 11.9 Å². The lowest BCUT2D eigenvalue weighted by Crippen LogP contribution is -1.91. The van der Waals surface area contributed by atoms with Crippen LogP contribution in [0.15, 0.2) is 63.8 Å². The van der Waals surface area contributed by atoms with Gasteiger partial charge in [-0.05, 0) is 13.8 Å². The van der Waals surface area contributed by atoms with Crippen LogP contribution in [0.4, 0.5) is 0 Å². The Morgan fingerprint density at radius 2 is 0.889 bits per heavy atom. The Bertz CT molecular complexity index is 206. The van der Waals surface area contributed by atoms with E-state index in [1.165, 1.54) is 0 Å². The van der Waals surface area contributed by atoms with Gasteiger partial charge in [0.05, 0.1) is 0 Å². The summed E-state index contributed by atoms with van der Waals surface area (Å²) in [7, 11) is 0. The first kappa shape index (κ1) is 29.6. The van der Waals surface area contributed by atoms with E-state index in [1.54, 1.807) is 12.2 Å². The SMILES string of the molecule is C=C.C=C.C=CC.C=CC.O=C(O)/C=C\C(=O)O. The molecule has 0 saturated carbocycles. The zero-order valence-electron chi connectivity index (χ0n) is 11.3. The minimum absolute atomic E-state index is 0.558. The summed E-state index contributed by atoms with van der Waals surface area (Å²) in [5.41, 5.74) is 0. The fourth-order valence-corrected chi connectivity index (χ4v) is 0.143. The predicted molar refractivity (Wildman–Crippen MR) is 78.7 cm³/mol. The van der Waals surface area contributed by atoms with Crippen LogP contribution in [0.5, 0.6) is 0 Å². The Morgan fingerprint density at radius 1 is 0.778 bits per heavy atom. The number of hydrogen-bond donors (Lipinski definition) is 2. The Hall–Kier alpha value is -2.36. The van der Waals surface area contributed by atoms with Crippen LogP contribution in [0.2, 0.25) is 0 Å². The molecule has 0 aliphatic carbocycles. The van der Waals surface area contributed by atoms with Gasteiger partial charge in [-0.1, -0.05) is 12.2 Å². The molecule has 0 aromatic carbocycles. The van der Waals surface area contributed by atoms with Gasteiger partial charge in [0.25, 0.3) is 0 Å². The molecule has 0 rings (SSSR count). The van der Waals surface area contributed by atoms with Gasteiger partial charge in [-0.3, -0.25) is 0 Å².